The number of ether oxygens (including phenoxy) is 1. The summed E-state index contributed by atoms with van der Waals surface area (Å²) in [6.45, 7) is 2.72. The van der Waals surface area contributed by atoms with E-state index in [0.29, 0.717) is 28.1 Å². The number of benzene rings is 3. The minimum Gasteiger partial charge on any atom is -0.497 e. The van der Waals surface area contributed by atoms with E-state index < -0.39 is 56.9 Å². The molecule has 0 saturated heterocycles. The van der Waals surface area contributed by atoms with E-state index in [1.165, 1.54) is 12.0 Å². The van der Waals surface area contributed by atoms with Crippen molar-refractivity contribution in [3.05, 3.63) is 94.5 Å². The monoisotopic (exact) mass is 653 g/mol. The molecule has 1 N–H and O–H groups in total. The Morgan fingerprint density at radius 1 is 1.00 bits per heavy atom. The molecule has 2 atom stereocenters. The molecule has 0 bridgehead atoms. The van der Waals surface area contributed by atoms with Crippen LogP contribution in [0, 0.1) is 0 Å². The molecule has 0 heterocycles. The van der Waals surface area contributed by atoms with E-state index in [1.807, 2.05) is 19.9 Å². The Labute approximate surface area is 260 Å². The second-order valence-electron chi connectivity index (χ2n) is 10.3. The predicted molar refractivity (Wildman–Crippen MR) is 164 cm³/mol. The number of methoxy groups -OCH3 is 1. The van der Waals surface area contributed by atoms with Crippen LogP contribution in [0.15, 0.2) is 72.8 Å². The number of carbonyl (C=O) groups excluding carboxylic acids is 2. The van der Waals surface area contributed by atoms with Crippen molar-refractivity contribution in [2.24, 2.45) is 0 Å². The molecule has 0 saturated carbocycles. The molecule has 0 aromatic heterocycles. The van der Waals surface area contributed by atoms with E-state index in [9.17, 15) is 31.2 Å². The first-order valence-electron chi connectivity index (χ1n) is 13.7. The zero-order chi connectivity index (χ0) is 32.7. The van der Waals surface area contributed by atoms with Gasteiger partial charge >= 0.3 is 6.18 Å². The Morgan fingerprint density at radius 3 is 2.25 bits per heavy atom. The highest BCUT2D eigenvalue weighted by atomic mass is 35.5. The summed E-state index contributed by atoms with van der Waals surface area (Å²) >= 11 is 5.76. The van der Waals surface area contributed by atoms with Crippen LogP contribution in [0.5, 0.6) is 5.75 Å². The summed E-state index contributed by atoms with van der Waals surface area (Å²) in [4.78, 5) is 29.1. The van der Waals surface area contributed by atoms with Crippen LogP contribution in [0.4, 0.5) is 18.9 Å². The first kappa shape index (κ1) is 34.7. The maximum Gasteiger partial charge on any atom is 0.417 e. The fraction of sp³-hybridized carbons (Fsp3) is 0.355. The summed E-state index contributed by atoms with van der Waals surface area (Å²) in [6.07, 6.45) is -3.37. The number of halogens is 4. The molecule has 3 rings (SSSR count). The topological polar surface area (TPSA) is 96.0 Å². The smallest absolute Gasteiger partial charge is 0.417 e. The maximum absolute atomic E-state index is 14.1. The van der Waals surface area contributed by atoms with Gasteiger partial charge < -0.3 is 15.0 Å². The molecule has 3 aromatic rings. The van der Waals surface area contributed by atoms with Gasteiger partial charge in [-0.2, -0.15) is 13.2 Å². The minimum atomic E-state index is -4.87. The molecule has 0 unspecified atom stereocenters. The minimum absolute atomic E-state index is 0.0941. The van der Waals surface area contributed by atoms with E-state index in [-0.39, 0.29) is 19.0 Å². The largest absolute Gasteiger partial charge is 0.497 e. The predicted octanol–water partition coefficient (Wildman–Crippen LogP) is 5.69. The van der Waals surface area contributed by atoms with E-state index in [1.54, 1.807) is 48.5 Å². The Bertz CT molecular complexity index is 1550. The maximum atomic E-state index is 14.1. The number of nitrogens with zero attached hydrogens (tertiary/aromatic N) is 2. The van der Waals surface area contributed by atoms with E-state index >= 15 is 0 Å². The van der Waals surface area contributed by atoms with E-state index in [4.69, 9.17) is 16.3 Å². The standard InChI is InChI=1S/C31H35ClF3N3O5S/c1-5-21(2)36-30(40)28(17-22-10-7-6-8-11-22)37(19-23-12-9-13-25(16-23)43-3)29(39)20-38(44(4,41)42)24-14-15-27(32)26(18-24)31(33,34)35/h6-16,18,21,28H,5,17,19-20H2,1-4H3,(H,36,40)/t21-,28-/m0/s1. The van der Waals surface area contributed by atoms with Gasteiger partial charge in [-0.05, 0) is 54.8 Å². The molecule has 8 nitrogen and oxygen atoms in total. The van der Waals surface area contributed by atoms with Crippen molar-refractivity contribution in [1.82, 2.24) is 10.2 Å². The average Bonchev–Trinajstić information content (AvgIpc) is 2.97. The summed E-state index contributed by atoms with van der Waals surface area (Å²) in [6, 6.07) is 17.1. The van der Waals surface area contributed by atoms with Crippen molar-refractivity contribution < 1.29 is 35.9 Å². The normalized spacial score (nSPS) is 13.1. The van der Waals surface area contributed by atoms with Gasteiger partial charge in [-0.1, -0.05) is 61.0 Å². The molecule has 0 aliphatic rings. The fourth-order valence-corrected chi connectivity index (χ4v) is 5.53. The summed E-state index contributed by atoms with van der Waals surface area (Å²) < 4.78 is 72.6. The number of alkyl halides is 3. The summed E-state index contributed by atoms with van der Waals surface area (Å²) in [5, 5.41) is 2.29. The van der Waals surface area contributed by atoms with Crippen molar-refractivity contribution in [2.45, 2.75) is 51.5 Å². The van der Waals surface area contributed by atoms with Crippen molar-refractivity contribution in [2.75, 3.05) is 24.2 Å². The van der Waals surface area contributed by atoms with Gasteiger partial charge in [-0.3, -0.25) is 13.9 Å². The summed E-state index contributed by atoms with van der Waals surface area (Å²) in [5.41, 5.74) is -0.319. The number of carbonyl (C=O) groups is 2. The van der Waals surface area contributed by atoms with Crippen LogP contribution in [0.3, 0.4) is 0 Å². The number of hydrogen-bond donors (Lipinski definition) is 1. The van der Waals surface area contributed by atoms with Crippen LogP contribution in [0.2, 0.25) is 5.02 Å². The lowest BCUT2D eigenvalue weighted by atomic mass is 10.0. The lowest BCUT2D eigenvalue weighted by Gasteiger charge is -2.34. The van der Waals surface area contributed by atoms with Crippen molar-refractivity contribution in [1.29, 1.82) is 0 Å². The number of nitrogens with one attached hydrogen (secondary N) is 1. The molecule has 44 heavy (non-hydrogen) atoms. The molecule has 13 heteroatoms. The van der Waals surface area contributed by atoms with Crippen molar-refractivity contribution in [3.8, 4) is 5.75 Å². The van der Waals surface area contributed by atoms with Gasteiger partial charge in [0.05, 0.1) is 29.6 Å². The zero-order valence-electron chi connectivity index (χ0n) is 24.8. The molecule has 3 aromatic carbocycles. The van der Waals surface area contributed by atoms with Gasteiger partial charge in [0, 0.05) is 19.0 Å². The summed E-state index contributed by atoms with van der Waals surface area (Å²) in [5.74, 6) is -0.768. The van der Waals surface area contributed by atoms with E-state index in [0.717, 1.165) is 24.0 Å². The molecule has 0 aliphatic carbocycles. The van der Waals surface area contributed by atoms with Crippen molar-refractivity contribution >= 4 is 39.1 Å². The molecular weight excluding hydrogens is 619 g/mol. The van der Waals surface area contributed by atoms with Gasteiger partial charge in [0.15, 0.2) is 0 Å². The lowest BCUT2D eigenvalue weighted by Crippen LogP contribution is -2.54. The molecule has 238 valence electrons. The molecule has 2 amide bonds. The average molecular weight is 654 g/mol. The van der Waals surface area contributed by atoms with Crippen LogP contribution in [-0.4, -0.2) is 57.1 Å². The number of anilines is 1. The fourth-order valence-electron chi connectivity index (χ4n) is 4.46. The first-order valence-corrected chi connectivity index (χ1v) is 16.0. The van der Waals surface area contributed by atoms with Crippen LogP contribution in [-0.2, 0) is 38.8 Å². The second kappa shape index (κ2) is 14.8. The molecule has 0 aliphatic heterocycles. The van der Waals surface area contributed by atoms with Gasteiger partial charge in [0.1, 0.15) is 18.3 Å². The Hall–Kier alpha value is -3.77. The molecule has 0 radical (unpaired) electrons. The highest BCUT2D eigenvalue weighted by Crippen LogP contribution is 2.37. The SMILES string of the molecule is CC[C@H](C)NC(=O)[C@H](Cc1ccccc1)N(Cc1cccc(OC)c1)C(=O)CN(c1ccc(Cl)c(C(F)(F)F)c1)S(C)(=O)=O. The highest BCUT2D eigenvalue weighted by molar-refractivity contribution is 7.92. The Balaban J connectivity index is 2.12. The zero-order valence-corrected chi connectivity index (χ0v) is 26.3. The third kappa shape index (κ3) is 9.36. The number of amides is 2. The lowest BCUT2D eigenvalue weighted by molar-refractivity contribution is -0.140. The van der Waals surface area contributed by atoms with Gasteiger partial charge in [-0.25, -0.2) is 8.42 Å². The third-order valence-electron chi connectivity index (χ3n) is 6.98. The van der Waals surface area contributed by atoms with Crippen LogP contribution >= 0.6 is 11.6 Å². The van der Waals surface area contributed by atoms with Gasteiger partial charge in [-0.15, -0.1) is 0 Å². The molecule has 0 spiro atoms. The number of rotatable bonds is 13. The highest BCUT2D eigenvalue weighted by Gasteiger charge is 2.36. The van der Waals surface area contributed by atoms with Gasteiger partial charge in [0.2, 0.25) is 21.8 Å². The van der Waals surface area contributed by atoms with E-state index in [2.05, 4.69) is 5.32 Å². The summed E-state index contributed by atoms with van der Waals surface area (Å²) in [7, 11) is -2.80. The number of sulfonamides is 1. The van der Waals surface area contributed by atoms with Crippen LogP contribution in [0.25, 0.3) is 0 Å². The van der Waals surface area contributed by atoms with Gasteiger partial charge in [0.25, 0.3) is 0 Å². The first-order chi connectivity index (χ1) is 20.6. The Morgan fingerprint density at radius 2 is 1.66 bits per heavy atom. The number of hydrogen-bond acceptors (Lipinski definition) is 5. The Kier molecular flexibility index (Phi) is 11.7. The van der Waals surface area contributed by atoms with Crippen molar-refractivity contribution in [3.63, 3.8) is 0 Å². The third-order valence-corrected chi connectivity index (χ3v) is 8.45. The quantitative estimate of drug-likeness (QED) is 0.256. The van der Waals surface area contributed by atoms with Crippen LogP contribution < -0.4 is 14.4 Å². The molecule has 0 fully saturated rings. The van der Waals surface area contributed by atoms with Crippen LogP contribution in [0.1, 0.15) is 37.0 Å². The second-order valence-corrected chi connectivity index (χ2v) is 12.6. The molecular formula is C31H35ClF3N3O5S.